The van der Waals surface area contributed by atoms with Gasteiger partial charge in [0.1, 0.15) is 17.2 Å². The van der Waals surface area contributed by atoms with E-state index in [4.69, 9.17) is 0 Å². The normalized spacial score (nSPS) is 18.2. The Kier molecular flexibility index (Phi) is 4.10. The Hall–Kier alpha value is -2.22. The number of likely N-dealkylation sites (tertiary alicyclic amines) is 1. The van der Waals surface area contributed by atoms with Gasteiger partial charge in [0.2, 0.25) is 5.91 Å². The number of aromatic nitrogens is 4. The number of carbonyl (C=O) groups excluding carboxylic acids is 1. The molecule has 0 aliphatic carbocycles. The highest BCUT2D eigenvalue weighted by Crippen LogP contribution is 2.31. The number of thiophene rings is 1. The molecular weight excluding hydrogens is 350 g/mol. The van der Waals surface area contributed by atoms with Crippen LogP contribution in [0.2, 0.25) is 0 Å². The van der Waals surface area contributed by atoms with Gasteiger partial charge in [0.25, 0.3) is 0 Å². The summed E-state index contributed by atoms with van der Waals surface area (Å²) >= 11 is 1.61. The average molecular weight is 373 g/mol. The van der Waals surface area contributed by atoms with Crippen molar-refractivity contribution in [2.45, 2.75) is 59.5 Å². The molecule has 3 aromatic heterocycles. The van der Waals surface area contributed by atoms with E-state index >= 15 is 0 Å². The Bertz CT molecular complexity index is 1080. The Labute approximate surface area is 155 Å². The van der Waals surface area contributed by atoms with E-state index in [1.165, 1.54) is 14.0 Å². The first kappa shape index (κ1) is 17.2. The topological polar surface area (TPSA) is 72.5 Å². The van der Waals surface area contributed by atoms with Crippen LogP contribution in [0.4, 0.5) is 0 Å². The van der Waals surface area contributed by atoms with Crippen LogP contribution in [0.3, 0.4) is 0 Å². The zero-order valence-corrected chi connectivity index (χ0v) is 16.4. The molecule has 0 radical (unpaired) electrons. The van der Waals surface area contributed by atoms with Crippen molar-refractivity contribution in [2.24, 2.45) is 0 Å². The van der Waals surface area contributed by atoms with Gasteiger partial charge in [0, 0.05) is 17.5 Å². The van der Waals surface area contributed by atoms with Gasteiger partial charge in [-0.05, 0) is 52.5 Å². The van der Waals surface area contributed by atoms with E-state index < -0.39 is 0 Å². The second kappa shape index (κ2) is 6.19. The standard InChI is InChI=1S/C18H23N5O2S/c1-10-7-5-6-8-21(10)14(24)9-22-18(25)23-13(4)19-17-15(16(23)20-22)11(2)12(3)26-17/h10H,5-9H2,1-4H3/t10-/m0/s1. The van der Waals surface area contributed by atoms with Gasteiger partial charge in [-0.15, -0.1) is 16.4 Å². The van der Waals surface area contributed by atoms with Gasteiger partial charge in [0.15, 0.2) is 5.65 Å². The first-order valence-corrected chi connectivity index (χ1v) is 9.85. The lowest BCUT2D eigenvalue weighted by Gasteiger charge is -2.33. The first-order valence-electron chi connectivity index (χ1n) is 9.04. The third kappa shape index (κ3) is 2.55. The first-order chi connectivity index (χ1) is 12.4. The van der Waals surface area contributed by atoms with E-state index in [-0.39, 0.29) is 24.2 Å². The van der Waals surface area contributed by atoms with Crippen LogP contribution in [0.5, 0.6) is 0 Å². The number of hydrogen-bond acceptors (Lipinski definition) is 5. The number of carbonyl (C=O) groups is 1. The molecule has 26 heavy (non-hydrogen) atoms. The molecular formula is C18H23N5O2S. The lowest BCUT2D eigenvalue weighted by atomic mass is 10.0. The fourth-order valence-corrected chi connectivity index (χ4v) is 4.87. The largest absolute Gasteiger partial charge is 0.352 e. The highest BCUT2D eigenvalue weighted by molar-refractivity contribution is 7.18. The second-order valence-corrected chi connectivity index (χ2v) is 8.36. The highest BCUT2D eigenvalue weighted by Gasteiger charge is 2.25. The quantitative estimate of drug-likeness (QED) is 0.692. The van der Waals surface area contributed by atoms with Crippen LogP contribution in [0.1, 0.15) is 42.5 Å². The second-order valence-electron chi connectivity index (χ2n) is 7.15. The lowest BCUT2D eigenvalue weighted by Crippen LogP contribution is -2.44. The van der Waals surface area contributed by atoms with E-state index in [0.29, 0.717) is 11.5 Å². The van der Waals surface area contributed by atoms with E-state index in [9.17, 15) is 9.59 Å². The van der Waals surface area contributed by atoms with Crippen molar-refractivity contribution in [3.05, 3.63) is 26.7 Å². The van der Waals surface area contributed by atoms with Crippen LogP contribution in [0.15, 0.2) is 4.79 Å². The summed E-state index contributed by atoms with van der Waals surface area (Å²) in [6.07, 6.45) is 3.19. The Balaban J connectivity index is 1.80. The Morgan fingerprint density at radius 1 is 1.27 bits per heavy atom. The summed E-state index contributed by atoms with van der Waals surface area (Å²) in [7, 11) is 0. The molecule has 1 amide bonds. The van der Waals surface area contributed by atoms with Gasteiger partial charge in [-0.1, -0.05) is 0 Å². The maximum Gasteiger partial charge on any atom is 0.352 e. The molecule has 7 nitrogen and oxygen atoms in total. The fraction of sp³-hybridized carbons (Fsp3) is 0.556. The minimum absolute atomic E-state index is 0.0199. The van der Waals surface area contributed by atoms with Crippen molar-refractivity contribution in [1.82, 2.24) is 24.1 Å². The van der Waals surface area contributed by atoms with Crippen molar-refractivity contribution >= 4 is 33.1 Å². The van der Waals surface area contributed by atoms with E-state index in [1.807, 2.05) is 18.7 Å². The number of amides is 1. The molecule has 138 valence electrons. The van der Waals surface area contributed by atoms with E-state index in [1.54, 1.807) is 18.3 Å². The molecule has 8 heteroatoms. The van der Waals surface area contributed by atoms with Crippen LogP contribution < -0.4 is 5.69 Å². The molecule has 0 saturated carbocycles. The molecule has 3 aromatic rings. The van der Waals surface area contributed by atoms with Crippen LogP contribution >= 0.6 is 11.3 Å². The van der Waals surface area contributed by atoms with Crippen LogP contribution in [0, 0.1) is 20.8 Å². The van der Waals surface area contributed by atoms with Crippen molar-refractivity contribution in [3.63, 3.8) is 0 Å². The molecule has 0 aromatic carbocycles. The van der Waals surface area contributed by atoms with Crippen molar-refractivity contribution in [1.29, 1.82) is 0 Å². The third-order valence-corrected chi connectivity index (χ3v) is 6.53. The number of hydrogen-bond donors (Lipinski definition) is 0. The highest BCUT2D eigenvalue weighted by atomic mass is 32.1. The van der Waals surface area contributed by atoms with Gasteiger partial charge >= 0.3 is 5.69 Å². The van der Waals surface area contributed by atoms with E-state index in [0.717, 1.165) is 41.6 Å². The summed E-state index contributed by atoms with van der Waals surface area (Å²) in [5.74, 6) is 0.562. The summed E-state index contributed by atoms with van der Waals surface area (Å²) in [4.78, 5) is 34.1. The Morgan fingerprint density at radius 2 is 2.04 bits per heavy atom. The number of piperidine rings is 1. The molecule has 1 aliphatic rings. The molecule has 4 heterocycles. The molecule has 0 spiro atoms. The zero-order valence-electron chi connectivity index (χ0n) is 15.6. The predicted octanol–water partition coefficient (Wildman–Crippen LogP) is 2.43. The summed E-state index contributed by atoms with van der Waals surface area (Å²) in [5.41, 5.74) is 1.39. The number of nitrogens with zero attached hydrogens (tertiary/aromatic N) is 5. The SMILES string of the molecule is Cc1sc2nc(C)n3c(=O)n(CC(=O)N4CCCC[C@@H]4C)nc3c2c1C. The molecule has 1 aliphatic heterocycles. The van der Waals surface area contributed by atoms with Gasteiger partial charge in [0.05, 0.1) is 5.39 Å². The third-order valence-electron chi connectivity index (χ3n) is 5.42. The summed E-state index contributed by atoms with van der Waals surface area (Å²) in [6.45, 7) is 8.68. The van der Waals surface area contributed by atoms with E-state index in [2.05, 4.69) is 17.0 Å². The van der Waals surface area contributed by atoms with Crippen molar-refractivity contribution in [3.8, 4) is 0 Å². The Morgan fingerprint density at radius 3 is 2.77 bits per heavy atom. The van der Waals surface area contributed by atoms with Crippen molar-refractivity contribution < 1.29 is 4.79 Å². The number of fused-ring (bicyclic) bond motifs is 3. The maximum atomic E-state index is 12.9. The summed E-state index contributed by atoms with van der Waals surface area (Å²) in [6, 6.07) is 0.223. The smallest absolute Gasteiger partial charge is 0.338 e. The van der Waals surface area contributed by atoms with Crippen LogP contribution in [0.25, 0.3) is 15.9 Å². The average Bonchev–Trinajstić information content (AvgIpc) is 3.05. The van der Waals surface area contributed by atoms with Crippen LogP contribution in [-0.2, 0) is 11.3 Å². The zero-order chi connectivity index (χ0) is 18.6. The lowest BCUT2D eigenvalue weighted by molar-refractivity contribution is -0.135. The van der Waals surface area contributed by atoms with Gasteiger partial charge < -0.3 is 4.90 Å². The minimum atomic E-state index is -0.298. The molecule has 4 rings (SSSR count). The minimum Gasteiger partial charge on any atom is -0.338 e. The van der Waals surface area contributed by atoms with Crippen molar-refractivity contribution in [2.75, 3.05) is 6.54 Å². The molecule has 0 N–H and O–H groups in total. The van der Waals surface area contributed by atoms with Gasteiger partial charge in [-0.3, -0.25) is 4.79 Å². The summed E-state index contributed by atoms with van der Waals surface area (Å²) < 4.78 is 2.81. The monoisotopic (exact) mass is 373 g/mol. The number of aryl methyl sites for hydroxylation is 3. The fourth-order valence-electron chi connectivity index (χ4n) is 3.80. The summed E-state index contributed by atoms with van der Waals surface area (Å²) in [5, 5.41) is 5.43. The predicted molar refractivity (Wildman–Crippen MR) is 102 cm³/mol. The van der Waals surface area contributed by atoms with Gasteiger partial charge in [-0.2, -0.15) is 0 Å². The maximum absolute atomic E-state index is 12.9. The molecule has 0 unspecified atom stereocenters. The van der Waals surface area contributed by atoms with Crippen LogP contribution in [-0.4, -0.2) is 42.6 Å². The van der Waals surface area contributed by atoms with Gasteiger partial charge in [-0.25, -0.2) is 18.9 Å². The molecule has 1 atom stereocenters. The molecule has 0 bridgehead atoms. The number of rotatable bonds is 2. The molecule has 1 fully saturated rings. The molecule has 1 saturated heterocycles.